The van der Waals surface area contributed by atoms with E-state index in [9.17, 15) is 4.79 Å². The van der Waals surface area contributed by atoms with Gasteiger partial charge >= 0.3 is 0 Å². The van der Waals surface area contributed by atoms with Crippen molar-refractivity contribution in [3.05, 3.63) is 0 Å². The Morgan fingerprint density at radius 3 is 2.75 bits per heavy atom. The van der Waals surface area contributed by atoms with Gasteiger partial charge in [0.25, 0.3) is 0 Å². The molecule has 0 radical (unpaired) electrons. The van der Waals surface area contributed by atoms with E-state index in [1.165, 1.54) is 6.42 Å². The fraction of sp³-hybridized carbons (Fsp3) is 0.833. The van der Waals surface area contributed by atoms with Crippen LogP contribution in [-0.4, -0.2) is 28.1 Å². The van der Waals surface area contributed by atoms with Crippen LogP contribution in [0.2, 0.25) is 0 Å². The summed E-state index contributed by atoms with van der Waals surface area (Å²) in [4.78, 5) is 14.3. The number of nitrogens with zero attached hydrogens (tertiary/aromatic N) is 2. The van der Waals surface area contributed by atoms with E-state index in [0.717, 1.165) is 37.6 Å². The maximum Gasteiger partial charge on any atom is 0.237 e. The number of rotatable bonds is 3. The molecule has 0 bridgehead atoms. The molecular weight excluding hydrogens is 220 g/mol. The molecule has 1 heterocycles. The van der Waals surface area contributed by atoms with Crippen LogP contribution in [-0.2, 0) is 4.79 Å². The lowest BCUT2D eigenvalue weighted by atomic mass is 9.90. The second kappa shape index (κ2) is 5.58. The molecule has 0 aromatic carbocycles. The van der Waals surface area contributed by atoms with Crippen LogP contribution in [0, 0.1) is 10.7 Å². The lowest BCUT2D eigenvalue weighted by Crippen LogP contribution is -2.53. The second-order valence-corrected chi connectivity index (χ2v) is 5.85. The highest BCUT2D eigenvalue weighted by molar-refractivity contribution is 8.04. The van der Waals surface area contributed by atoms with Gasteiger partial charge in [-0.25, -0.2) is 0 Å². The molecule has 1 unspecified atom stereocenters. The molecule has 90 valence electrons. The van der Waals surface area contributed by atoms with Gasteiger partial charge in [-0.2, -0.15) is 5.26 Å². The number of carbonyl (C=O) groups is 1. The summed E-state index contributed by atoms with van der Waals surface area (Å²) in [5.74, 6) is 0.138. The van der Waals surface area contributed by atoms with Gasteiger partial charge in [0.05, 0.1) is 5.25 Å². The molecule has 1 aliphatic heterocycles. The first-order valence-corrected chi connectivity index (χ1v) is 6.77. The fourth-order valence-corrected chi connectivity index (χ4v) is 2.74. The molecule has 16 heavy (non-hydrogen) atoms. The second-order valence-electron chi connectivity index (χ2n) is 4.87. The first-order chi connectivity index (χ1) is 7.53. The number of likely N-dealkylation sites (tertiary alicyclic amines) is 1. The molecule has 0 saturated carbocycles. The number of thiocyanates is 1. The Bertz CT molecular complexity index is 296. The SMILES string of the molecule is CCC(SC#N)C(=O)N1CCCCC1(C)C. The average Bonchev–Trinajstić information content (AvgIpc) is 2.24. The molecule has 0 aromatic rings. The standard InChI is InChI=1S/C12H20N2OS/c1-4-10(16-9-13)11(15)14-8-6-5-7-12(14,2)3/h10H,4-8H2,1-3H3. The third-order valence-electron chi connectivity index (χ3n) is 3.26. The lowest BCUT2D eigenvalue weighted by molar-refractivity contribution is -0.137. The summed E-state index contributed by atoms with van der Waals surface area (Å²) < 4.78 is 0. The molecule has 1 saturated heterocycles. The third-order valence-corrected chi connectivity index (χ3v) is 4.18. The monoisotopic (exact) mass is 240 g/mol. The smallest absolute Gasteiger partial charge is 0.237 e. The van der Waals surface area contributed by atoms with Crippen LogP contribution in [0.15, 0.2) is 0 Å². The van der Waals surface area contributed by atoms with Crippen molar-refractivity contribution < 1.29 is 4.79 Å². The summed E-state index contributed by atoms with van der Waals surface area (Å²) in [6, 6.07) is 0. The van der Waals surface area contributed by atoms with Gasteiger partial charge in [-0.05, 0) is 51.3 Å². The molecule has 3 nitrogen and oxygen atoms in total. The van der Waals surface area contributed by atoms with Crippen LogP contribution in [0.3, 0.4) is 0 Å². The number of nitriles is 1. The summed E-state index contributed by atoms with van der Waals surface area (Å²) >= 11 is 1.09. The molecule has 0 N–H and O–H groups in total. The molecule has 0 spiro atoms. The van der Waals surface area contributed by atoms with Gasteiger partial charge < -0.3 is 4.90 Å². The van der Waals surface area contributed by atoms with Gasteiger partial charge in [-0.15, -0.1) is 0 Å². The van der Waals surface area contributed by atoms with Gasteiger partial charge in [-0.1, -0.05) is 6.92 Å². The minimum atomic E-state index is -0.192. The highest BCUT2D eigenvalue weighted by atomic mass is 32.2. The van der Waals surface area contributed by atoms with Crippen molar-refractivity contribution in [3.63, 3.8) is 0 Å². The van der Waals surface area contributed by atoms with Gasteiger partial charge in [0.15, 0.2) is 0 Å². The van der Waals surface area contributed by atoms with E-state index in [1.54, 1.807) is 0 Å². The quantitative estimate of drug-likeness (QED) is 0.712. The molecule has 1 fully saturated rings. The van der Waals surface area contributed by atoms with Gasteiger partial charge in [0, 0.05) is 12.1 Å². The normalized spacial score (nSPS) is 21.2. The van der Waals surface area contributed by atoms with Gasteiger partial charge in [0.2, 0.25) is 5.91 Å². The first-order valence-electron chi connectivity index (χ1n) is 5.89. The topological polar surface area (TPSA) is 44.1 Å². The Labute approximate surface area is 102 Å². The van der Waals surface area contributed by atoms with Crippen LogP contribution in [0.4, 0.5) is 0 Å². The molecule has 1 amide bonds. The number of hydrogen-bond acceptors (Lipinski definition) is 3. The van der Waals surface area contributed by atoms with Crippen LogP contribution in [0.5, 0.6) is 0 Å². The van der Waals surface area contributed by atoms with E-state index >= 15 is 0 Å². The van der Waals surface area contributed by atoms with Crippen molar-refractivity contribution in [2.75, 3.05) is 6.54 Å². The molecule has 1 atom stereocenters. The highest BCUT2D eigenvalue weighted by Gasteiger charge is 2.36. The average molecular weight is 240 g/mol. The minimum absolute atomic E-state index is 0.0429. The predicted molar refractivity (Wildman–Crippen MR) is 66.9 cm³/mol. The molecule has 1 aliphatic rings. The molecule has 1 rings (SSSR count). The van der Waals surface area contributed by atoms with E-state index in [4.69, 9.17) is 5.26 Å². The van der Waals surface area contributed by atoms with Crippen molar-refractivity contribution in [2.45, 2.75) is 57.2 Å². The van der Waals surface area contributed by atoms with Crippen LogP contribution in [0.1, 0.15) is 46.5 Å². The Balaban J connectivity index is 2.74. The zero-order valence-corrected chi connectivity index (χ0v) is 11.1. The fourth-order valence-electron chi connectivity index (χ4n) is 2.22. The molecule has 4 heteroatoms. The number of thioether (sulfide) groups is 1. The van der Waals surface area contributed by atoms with E-state index in [0.29, 0.717) is 0 Å². The number of hydrogen-bond donors (Lipinski definition) is 0. The zero-order valence-electron chi connectivity index (χ0n) is 10.3. The molecule has 0 aromatic heterocycles. The Kier molecular flexibility index (Phi) is 4.67. The van der Waals surface area contributed by atoms with Crippen LogP contribution in [0.25, 0.3) is 0 Å². The Morgan fingerprint density at radius 1 is 1.56 bits per heavy atom. The molecule has 0 aliphatic carbocycles. The lowest BCUT2D eigenvalue weighted by Gasteiger charge is -2.43. The summed E-state index contributed by atoms with van der Waals surface area (Å²) in [7, 11) is 0. The summed E-state index contributed by atoms with van der Waals surface area (Å²) in [5, 5.41) is 10.5. The van der Waals surface area contributed by atoms with Crippen molar-refractivity contribution in [2.24, 2.45) is 0 Å². The maximum atomic E-state index is 12.3. The zero-order chi connectivity index (χ0) is 12.2. The third kappa shape index (κ3) is 2.91. The summed E-state index contributed by atoms with van der Waals surface area (Å²) in [6.45, 7) is 7.04. The first kappa shape index (κ1) is 13.4. The van der Waals surface area contributed by atoms with E-state index < -0.39 is 0 Å². The van der Waals surface area contributed by atoms with E-state index in [-0.39, 0.29) is 16.7 Å². The molecular formula is C12H20N2OS. The van der Waals surface area contributed by atoms with Crippen LogP contribution >= 0.6 is 11.8 Å². The largest absolute Gasteiger partial charge is 0.337 e. The summed E-state index contributed by atoms with van der Waals surface area (Å²) in [5.41, 5.74) is -0.0429. The Morgan fingerprint density at radius 2 is 2.25 bits per heavy atom. The maximum absolute atomic E-state index is 12.3. The van der Waals surface area contributed by atoms with Crippen LogP contribution < -0.4 is 0 Å². The predicted octanol–water partition coefficient (Wildman–Crippen LogP) is 2.77. The number of piperidine rings is 1. The minimum Gasteiger partial charge on any atom is -0.337 e. The van der Waals surface area contributed by atoms with E-state index in [2.05, 4.69) is 13.8 Å². The van der Waals surface area contributed by atoms with Crippen molar-refractivity contribution in [1.29, 1.82) is 5.26 Å². The summed E-state index contributed by atoms with van der Waals surface area (Å²) in [6.07, 6.45) is 4.07. The van der Waals surface area contributed by atoms with Gasteiger partial charge in [0.1, 0.15) is 5.40 Å². The van der Waals surface area contributed by atoms with E-state index in [1.807, 2.05) is 17.2 Å². The number of amides is 1. The van der Waals surface area contributed by atoms with Crippen molar-refractivity contribution in [3.8, 4) is 5.40 Å². The van der Waals surface area contributed by atoms with Crippen molar-refractivity contribution >= 4 is 17.7 Å². The number of carbonyl (C=O) groups excluding carboxylic acids is 1. The van der Waals surface area contributed by atoms with Crippen molar-refractivity contribution in [1.82, 2.24) is 4.90 Å². The highest BCUT2D eigenvalue weighted by Crippen LogP contribution is 2.30. The Hall–Kier alpha value is -0.690. The van der Waals surface area contributed by atoms with Gasteiger partial charge in [-0.3, -0.25) is 4.79 Å².